The standard InChI is InChI=1S/C24H30N2O3/c27-23(10-6-1-2-7-11-24(28)29)20-12-14-22(15-13-20)26-18-16-25(17-19-26)21-8-4-3-5-9-21/h3-5,8-9,12-15H,1-2,6-7,10-11,16-19H2,(H,28,29). The molecule has 0 atom stereocenters. The van der Waals surface area contributed by atoms with E-state index in [-0.39, 0.29) is 12.2 Å². The number of carboxylic acids is 1. The Morgan fingerprint density at radius 1 is 0.690 bits per heavy atom. The largest absolute Gasteiger partial charge is 0.481 e. The van der Waals surface area contributed by atoms with Crippen LogP contribution in [-0.2, 0) is 4.79 Å². The molecule has 0 bridgehead atoms. The van der Waals surface area contributed by atoms with E-state index >= 15 is 0 Å². The minimum atomic E-state index is -0.748. The maximum Gasteiger partial charge on any atom is 0.303 e. The molecule has 154 valence electrons. The number of hydrogen-bond donors (Lipinski definition) is 1. The number of carbonyl (C=O) groups is 2. The van der Waals surface area contributed by atoms with E-state index in [1.165, 1.54) is 11.4 Å². The molecule has 0 amide bonds. The van der Waals surface area contributed by atoms with Gasteiger partial charge in [-0.15, -0.1) is 0 Å². The van der Waals surface area contributed by atoms with Gasteiger partial charge in [0.15, 0.2) is 5.78 Å². The van der Waals surface area contributed by atoms with Crippen LogP contribution in [0, 0.1) is 0 Å². The van der Waals surface area contributed by atoms with E-state index in [4.69, 9.17) is 5.11 Å². The highest BCUT2D eigenvalue weighted by Crippen LogP contribution is 2.21. The molecular weight excluding hydrogens is 364 g/mol. The SMILES string of the molecule is O=C(O)CCCCCCC(=O)c1ccc(N2CCN(c3ccccc3)CC2)cc1. The molecule has 0 saturated carbocycles. The Hall–Kier alpha value is -2.82. The highest BCUT2D eigenvalue weighted by Gasteiger charge is 2.17. The number of piperazine rings is 1. The van der Waals surface area contributed by atoms with Crippen LogP contribution in [0.25, 0.3) is 0 Å². The van der Waals surface area contributed by atoms with Crippen LogP contribution in [0.3, 0.4) is 0 Å². The molecule has 29 heavy (non-hydrogen) atoms. The summed E-state index contributed by atoms with van der Waals surface area (Å²) in [6.45, 7) is 3.93. The molecule has 1 fully saturated rings. The Labute approximate surface area is 172 Å². The van der Waals surface area contributed by atoms with Crippen LogP contribution in [0.2, 0.25) is 0 Å². The maximum absolute atomic E-state index is 12.4. The zero-order chi connectivity index (χ0) is 20.5. The molecular formula is C24H30N2O3. The highest BCUT2D eigenvalue weighted by molar-refractivity contribution is 5.96. The number of ketones is 1. The Morgan fingerprint density at radius 2 is 1.21 bits per heavy atom. The fraction of sp³-hybridized carbons (Fsp3) is 0.417. The lowest BCUT2D eigenvalue weighted by Gasteiger charge is -2.37. The van der Waals surface area contributed by atoms with Crippen LogP contribution in [0.4, 0.5) is 11.4 Å². The molecule has 5 nitrogen and oxygen atoms in total. The lowest BCUT2D eigenvalue weighted by Crippen LogP contribution is -2.46. The first-order valence-corrected chi connectivity index (χ1v) is 10.5. The van der Waals surface area contributed by atoms with Gasteiger partial charge in [-0.25, -0.2) is 0 Å². The van der Waals surface area contributed by atoms with Crippen LogP contribution in [0.1, 0.15) is 48.9 Å². The minimum absolute atomic E-state index is 0.170. The van der Waals surface area contributed by atoms with E-state index in [2.05, 4.69) is 46.2 Å². The third kappa shape index (κ3) is 6.34. The first-order valence-electron chi connectivity index (χ1n) is 10.5. The van der Waals surface area contributed by atoms with E-state index in [0.717, 1.165) is 51.0 Å². The Balaban J connectivity index is 1.42. The number of nitrogens with zero attached hydrogens (tertiary/aromatic N) is 2. The van der Waals surface area contributed by atoms with Crippen molar-refractivity contribution < 1.29 is 14.7 Å². The van der Waals surface area contributed by atoms with E-state index in [1.807, 2.05) is 18.2 Å². The van der Waals surface area contributed by atoms with Gasteiger partial charge in [-0.3, -0.25) is 9.59 Å². The second-order valence-corrected chi connectivity index (χ2v) is 7.59. The molecule has 1 saturated heterocycles. The second-order valence-electron chi connectivity index (χ2n) is 7.59. The summed E-state index contributed by atoms with van der Waals surface area (Å²) in [4.78, 5) is 27.6. The second kappa shape index (κ2) is 10.6. The van der Waals surface area contributed by atoms with Crippen LogP contribution in [0.15, 0.2) is 54.6 Å². The third-order valence-corrected chi connectivity index (χ3v) is 5.50. The first kappa shape index (κ1) is 20.9. The van der Waals surface area contributed by atoms with Crippen molar-refractivity contribution in [2.45, 2.75) is 38.5 Å². The molecule has 0 aliphatic carbocycles. The number of carbonyl (C=O) groups excluding carboxylic acids is 1. The number of aliphatic carboxylic acids is 1. The van der Waals surface area contributed by atoms with Gasteiger partial charge in [-0.05, 0) is 49.2 Å². The number of para-hydroxylation sites is 1. The van der Waals surface area contributed by atoms with Crippen molar-refractivity contribution in [2.24, 2.45) is 0 Å². The number of rotatable bonds is 10. The van der Waals surface area contributed by atoms with Crippen molar-refractivity contribution in [1.29, 1.82) is 0 Å². The molecule has 2 aromatic rings. The molecule has 2 aromatic carbocycles. The number of hydrogen-bond acceptors (Lipinski definition) is 4. The fourth-order valence-electron chi connectivity index (χ4n) is 3.78. The molecule has 0 aromatic heterocycles. The quantitative estimate of drug-likeness (QED) is 0.471. The van der Waals surface area contributed by atoms with Crippen LogP contribution in [-0.4, -0.2) is 43.0 Å². The molecule has 1 heterocycles. The maximum atomic E-state index is 12.4. The van der Waals surface area contributed by atoms with Crippen molar-refractivity contribution in [1.82, 2.24) is 0 Å². The van der Waals surface area contributed by atoms with Crippen molar-refractivity contribution in [2.75, 3.05) is 36.0 Å². The summed E-state index contributed by atoms with van der Waals surface area (Å²) in [6, 6.07) is 18.5. The summed E-state index contributed by atoms with van der Waals surface area (Å²) in [7, 11) is 0. The molecule has 3 rings (SSSR count). The Bertz CT molecular complexity index is 782. The summed E-state index contributed by atoms with van der Waals surface area (Å²) in [6.07, 6.45) is 4.03. The smallest absolute Gasteiger partial charge is 0.303 e. The number of anilines is 2. The van der Waals surface area contributed by atoms with Gasteiger partial charge < -0.3 is 14.9 Å². The van der Waals surface area contributed by atoms with E-state index in [1.54, 1.807) is 0 Å². The summed E-state index contributed by atoms with van der Waals surface area (Å²) in [5.74, 6) is -0.577. The lowest BCUT2D eigenvalue weighted by atomic mass is 10.0. The van der Waals surface area contributed by atoms with Gasteiger partial charge in [0.25, 0.3) is 0 Å². The summed E-state index contributed by atoms with van der Waals surface area (Å²) in [5.41, 5.74) is 3.21. The predicted octanol–water partition coefficient (Wildman–Crippen LogP) is 4.62. The van der Waals surface area contributed by atoms with Crippen LogP contribution >= 0.6 is 0 Å². The summed E-state index contributed by atoms with van der Waals surface area (Å²) in [5, 5.41) is 8.63. The zero-order valence-electron chi connectivity index (χ0n) is 16.9. The molecule has 0 radical (unpaired) electrons. The molecule has 1 aliphatic rings. The van der Waals surface area contributed by atoms with Crippen molar-refractivity contribution in [3.05, 3.63) is 60.2 Å². The molecule has 1 aliphatic heterocycles. The van der Waals surface area contributed by atoms with Gasteiger partial charge in [0.2, 0.25) is 0 Å². The third-order valence-electron chi connectivity index (χ3n) is 5.50. The summed E-state index contributed by atoms with van der Waals surface area (Å²) >= 11 is 0. The lowest BCUT2D eigenvalue weighted by molar-refractivity contribution is -0.137. The molecule has 0 unspecified atom stereocenters. The number of unbranched alkanes of at least 4 members (excludes halogenated alkanes) is 3. The Kier molecular flexibility index (Phi) is 7.68. The van der Waals surface area contributed by atoms with Crippen molar-refractivity contribution >= 4 is 23.1 Å². The van der Waals surface area contributed by atoms with Gasteiger partial charge in [0.05, 0.1) is 0 Å². The highest BCUT2D eigenvalue weighted by atomic mass is 16.4. The molecule has 0 spiro atoms. The van der Waals surface area contributed by atoms with Gasteiger partial charge in [-0.2, -0.15) is 0 Å². The zero-order valence-corrected chi connectivity index (χ0v) is 16.9. The van der Waals surface area contributed by atoms with Crippen LogP contribution < -0.4 is 9.80 Å². The Morgan fingerprint density at radius 3 is 1.76 bits per heavy atom. The summed E-state index contributed by atoms with van der Waals surface area (Å²) < 4.78 is 0. The van der Waals surface area contributed by atoms with Crippen molar-refractivity contribution in [3.8, 4) is 0 Å². The topological polar surface area (TPSA) is 60.9 Å². The average Bonchev–Trinajstić information content (AvgIpc) is 2.76. The number of benzene rings is 2. The normalized spacial score (nSPS) is 14.1. The van der Waals surface area contributed by atoms with E-state index in [0.29, 0.717) is 12.8 Å². The first-order chi connectivity index (χ1) is 14.1. The average molecular weight is 395 g/mol. The molecule has 5 heteroatoms. The van der Waals surface area contributed by atoms with Crippen LogP contribution in [0.5, 0.6) is 0 Å². The molecule has 1 N–H and O–H groups in total. The minimum Gasteiger partial charge on any atom is -0.481 e. The van der Waals surface area contributed by atoms with Crippen molar-refractivity contribution in [3.63, 3.8) is 0 Å². The predicted molar refractivity (Wildman–Crippen MR) is 117 cm³/mol. The number of Topliss-reactive ketones (excluding diaryl/α,β-unsaturated/α-hetero) is 1. The van der Waals surface area contributed by atoms with Gasteiger partial charge in [-0.1, -0.05) is 31.0 Å². The number of carboxylic acid groups (broad SMARTS) is 1. The van der Waals surface area contributed by atoms with Gasteiger partial charge in [0.1, 0.15) is 0 Å². The van der Waals surface area contributed by atoms with Gasteiger partial charge in [0, 0.05) is 56.0 Å². The van der Waals surface area contributed by atoms with Gasteiger partial charge >= 0.3 is 5.97 Å². The monoisotopic (exact) mass is 394 g/mol. The fourth-order valence-corrected chi connectivity index (χ4v) is 3.78. The van der Waals surface area contributed by atoms with E-state index in [9.17, 15) is 9.59 Å². The van der Waals surface area contributed by atoms with E-state index < -0.39 is 5.97 Å².